The number of urea groups is 1. The fourth-order valence-corrected chi connectivity index (χ4v) is 3.81. The van der Waals surface area contributed by atoms with Gasteiger partial charge in [0.25, 0.3) is 17.2 Å². The van der Waals surface area contributed by atoms with Gasteiger partial charge in [-0.05, 0) is 36.4 Å². The maximum absolute atomic E-state index is 13.2. The highest BCUT2D eigenvalue weighted by Crippen LogP contribution is 2.36. The number of hydrogen-bond donors (Lipinski definition) is 4. The third-order valence-corrected chi connectivity index (χ3v) is 5.77. The van der Waals surface area contributed by atoms with Gasteiger partial charge in [0.2, 0.25) is 0 Å². The molecule has 4 aromatic rings. The number of hydrazone groups is 1. The average molecular weight is 585 g/mol. The third-order valence-electron chi connectivity index (χ3n) is 5.44. The summed E-state index contributed by atoms with van der Waals surface area (Å²) in [6.45, 7) is 0. The number of benzene rings is 3. The van der Waals surface area contributed by atoms with E-state index in [9.17, 15) is 37.1 Å². The second-order valence-corrected chi connectivity index (χ2v) is 8.66. The SMILES string of the molecule is NC(=O)NN=C(C(=O)C(=O)Nc1ccc(Cl)c(C(F)(F)F)c1)c1nc2ccc(C(=O)c3ccccc3)cc2[nH]c1=O. The molecule has 0 saturated carbocycles. The number of aromatic nitrogens is 2. The summed E-state index contributed by atoms with van der Waals surface area (Å²) in [7, 11) is 0. The van der Waals surface area contributed by atoms with Gasteiger partial charge in [-0.15, -0.1) is 0 Å². The fourth-order valence-electron chi connectivity index (χ4n) is 3.58. The van der Waals surface area contributed by atoms with Crippen LogP contribution in [0.15, 0.2) is 76.6 Å². The molecule has 0 atom stereocenters. The Morgan fingerprint density at radius 2 is 1.66 bits per heavy atom. The maximum Gasteiger partial charge on any atom is 0.417 e. The molecule has 0 aliphatic rings. The number of fused-ring (bicyclic) bond motifs is 1. The van der Waals surface area contributed by atoms with Crippen molar-refractivity contribution in [3.8, 4) is 0 Å². The number of H-pyrrole nitrogens is 1. The van der Waals surface area contributed by atoms with Crippen LogP contribution in [-0.4, -0.2) is 39.2 Å². The van der Waals surface area contributed by atoms with Gasteiger partial charge in [0, 0.05) is 16.8 Å². The molecule has 1 heterocycles. The number of rotatable bonds is 7. The number of nitrogens with zero attached hydrogens (tertiary/aromatic N) is 2. The van der Waals surface area contributed by atoms with Crippen LogP contribution in [-0.2, 0) is 15.8 Å². The van der Waals surface area contributed by atoms with Crippen molar-refractivity contribution in [1.82, 2.24) is 15.4 Å². The van der Waals surface area contributed by atoms with Crippen LogP contribution in [0.25, 0.3) is 11.0 Å². The van der Waals surface area contributed by atoms with E-state index in [1.165, 1.54) is 18.2 Å². The molecule has 0 saturated heterocycles. The molecule has 0 unspecified atom stereocenters. The van der Waals surface area contributed by atoms with E-state index in [2.05, 4.69) is 15.1 Å². The molecule has 0 aliphatic heterocycles. The van der Waals surface area contributed by atoms with Crippen molar-refractivity contribution < 1.29 is 32.3 Å². The first-order valence-corrected chi connectivity index (χ1v) is 11.7. The number of carbonyl (C=O) groups excluding carboxylic acids is 4. The molecule has 41 heavy (non-hydrogen) atoms. The molecule has 0 spiro atoms. The molecule has 0 bridgehead atoms. The van der Waals surface area contributed by atoms with Gasteiger partial charge in [-0.1, -0.05) is 41.9 Å². The zero-order valence-corrected chi connectivity index (χ0v) is 21.1. The number of anilines is 1. The van der Waals surface area contributed by atoms with E-state index in [0.29, 0.717) is 11.6 Å². The van der Waals surface area contributed by atoms with Crippen LogP contribution in [0.1, 0.15) is 27.2 Å². The number of aromatic amines is 1. The quantitative estimate of drug-likeness (QED) is 0.112. The summed E-state index contributed by atoms with van der Waals surface area (Å²) in [6.07, 6.45) is -4.85. The number of primary amides is 1. The largest absolute Gasteiger partial charge is 0.417 e. The van der Waals surface area contributed by atoms with E-state index < -0.39 is 57.1 Å². The minimum absolute atomic E-state index is 0.0664. The van der Waals surface area contributed by atoms with E-state index in [1.807, 2.05) is 5.32 Å². The highest BCUT2D eigenvalue weighted by atomic mass is 35.5. The normalized spacial score (nSPS) is 11.7. The summed E-state index contributed by atoms with van der Waals surface area (Å²) in [5.41, 5.74) is 3.03. The zero-order valence-electron chi connectivity index (χ0n) is 20.4. The van der Waals surface area contributed by atoms with Crippen LogP contribution in [0.4, 0.5) is 23.7 Å². The fraction of sp³-hybridized carbons (Fsp3) is 0.0385. The summed E-state index contributed by atoms with van der Waals surface area (Å²) < 4.78 is 39.5. The first-order chi connectivity index (χ1) is 19.3. The van der Waals surface area contributed by atoms with Crippen molar-refractivity contribution in [2.24, 2.45) is 10.8 Å². The summed E-state index contributed by atoms with van der Waals surface area (Å²) in [5, 5.41) is 4.74. The lowest BCUT2D eigenvalue weighted by Gasteiger charge is -2.12. The number of hydrogen-bond acceptors (Lipinski definition) is 7. The molecular weight excluding hydrogens is 569 g/mol. The Hall–Kier alpha value is -5.37. The molecule has 15 heteroatoms. The Balaban J connectivity index is 1.69. The Labute approximate surface area is 232 Å². The maximum atomic E-state index is 13.2. The summed E-state index contributed by atoms with van der Waals surface area (Å²) in [5.74, 6) is -3.40. The first kappa shape index (κ1) is 28.6. The van der Waals surface area contributed by atoms with Gasteiger partial charge < -0.3 is 16.0 Å². The first-order valence-electron chi connectivity index (χ1n) is 11.3. The average Bonchev–Trinajstić information content (AvgIpc) is 2.93. The van der Waals surface area contributed by atoms with Crippen molar-refractivity contribution in [1.29, 1.82) is 0 Å². The van der Waals surface area contributed by atoms with E-state index in [4.69, 9.17) is 17.3 Å². The second-order valence-electron chi connectivity index (χ2n) is 8.25. The molecule has 3 amide bonds. The Bertz CT molecular complexity index is 1810. The minimum Gasteiger partial charge on any atom is -0.350 e. The van der Waals surface area contributed by atoms with Crippen molar-refractivity contribution in [3.63, 3.8) is 0 Å². The Kier molecular flexibility index (Phi) is 7.96. The van der Waals surface area contributed by atoms with E-state index in [1.54, 1.807) is 35.8 Å². The van der Waals surface area contributed by atoms with Crippen LogP contribution >= 0.6 is 11.6 Å². The van der Waals surface area contributed by atoms with Crippen molar-refractivity contribution in [2.75, 3.05) is 5.32 Å². The summed E-state index contributed by atoms with van der Waals surface area (Å²) >= 11 is 5.57. The van der Waals surface area contributed by atoms with Crippen LogP contribution < -0.4 is 22.0 Å². The molecule has 0 fully saturated rings. The Morgan fingerprint density at radius 3 is 2.32 bits per heavy atom. The van der Waals surface area contributed by atoms with Gasteiger partial charge in [0.1, 0.15) is 0 Å². The summed E-state index contributed by atoms with van der Waals surface area (Å²) in [4.78, 5) is 69.0. The van der Waals surface area contributed by atoms with Crippen LogP contribution in [0.2, 0.25) is 5.02 Å². The van der Waals surface area contributed by atoms with E-state index in [-0.39, 0.29) is 22.4 Å². The molecule has 4 rings (SSSR count). The predicted molar refractivity (Wildman–Crippen MR) is 142 cm³/mol. The number of halogens is 4. The van der Waals surface area contributed by atoms with Gasteiger partial charge >= 0.3 is 12.2 Å². The molecule has 11 nitrogen and oxygen atoms in total. The van der Waals surface area contributed by atoms with E-state index >= 15 is 0 Å². The van der Waals surface area contributed by atoms with Crippen molar-refractivity contribution in [2.45, 2.75) is 6.18 Å². The number of alkyl halides is 3. The standard InChI is InChI=1S/C26H16ClF3N6O5/c27-16-8-7-14(11-15(16)26(28,29)30)32-24(40)22(38)19(35-36-25(31)41)20-23(39)34-18-10-13(6-9-17(18)33-20)21(37)12-4-2-1-3-5-12/h1-11H,(H,32,40)(H,34,39)(H3,31,36,41). The van der Waals surface area contributed by atoms with Gasteiger partial charge in [-0.25, -0.2) is 15.2 Å². The number of nitrogens with two attached hydrogens (primary N) is 1. The van der Waals surface area contributed by atoms with Gasteiger partial charge in [0.05, 0.1) is 21.6 Å². The second kappa shape index (κ2) is 11.4. The number of ketones is 2. The van der Waals surface area contributed by atoms with Gasteiger partial charge in [-0.2, -0.15) is 18.3 Å². The minimum atomic E-state index is -4.85. The van der Waals surface area contributed by atoms with E-state index in [0.717, 1.165) is 12.1 Å². The topological polar surface area (TPSA) is 176 Å². The zero-order chi connectivity index (χ0) is 29.9. The lowest BCUT2D eigenvalue weighted by molar-refractivity contribution is -0.137. The number of carbonyl (C=O) groups is 4. The van der Waals surface area contributed by atoms with Crippen molar-refractivity contribution in [3.05, 3.63) is 104 Å². The molecule has 1 aromatic heterocycles. The third kappa shape index (κ3) is 6.45. The lowest BCUT2D eigenvalue weighted by Crippen LogP contribution is -2.37. The molecule has 0 aliphatic carbocycles. The van der Waals surface area contributed by atoms with Crippen LogP contribution in [0, 0.1) is 0 Å². The molecule has 208 valence electrons. The molecule has 3 aromatic carbocycles. The van der Waals surface area contributed by atoms with Crippen LogP contribution in [0.5, 0.6) is 0 Å². The van der Waals surface area contributed by atoms with Gasteiger partial charge in [-0.3, -0.25) is 19.2 Å². The van der Waals surface area contributed by atoms with Crippen molar-refractivity contribution >= 4 is 57.5 Å². The highest BCUT2D eigenvalue weighted by Gasteiger charge is 2.34. The number of Topliss-reactive ketones (excluding diaryl/α,β-unsaturated/α-hetero) is 1. The van der Waals surface area contributed by atoms with Gasteiger partial charge in [0.15, 0.2) is 17.2 Å². The predicted octanol–water partition coefficient (Wildman–Crippen LogP) is 3.41. The monoisotopic (exact) mass is 584 g/mol. The molecule has 0 radical (unpaired) electrons. The smallest absolute Gasteiger partial charge is 0.350 e. The number of amides is 3. The Morgan fingerprint density at radius 1 is 0.951 bits per heavy atom. The van der Waals surface area contributed by atoms with Crippen LogP contribution in [0.3, 0.4) is 0 Å². The highest BCUT2D eigenvalue weighted by molar-refractivity contribution is 6.69. The summed E-state index contributed by atoms with van der Waals surface area (Å²) in [6, 6.07) is 13.6. The lowest BCUT2D eigenvalue weighted by atomic mass is 10.0. The molecule has 5 N–H and O–H groups in total. The number of nitrogens with one attached hydrogen (secondary N) is 3. The molecular formula is C26H16ClF3N6O5.